The van der Waals surface area contributed by atoms with Gasteiger partial charge in [0.1, 0.15) is 0 Å². The minimum Gasteiger partial charge on any atom is -0.334 e. The number of hydrogen-bond acceptors (Lipinski definition) is 3. The molecule has 1 aromatic heterocycles. The van der Waals surface area contributed by atoms with E-state index in [1.165, 1.54) is 6.42 Å². The number of nitrogens with zero attached hydrogens (tertiary/aromatic N) is 4. The molecule has 24 heavy (non-hydrogen) atoms. The Balaban J connectivity index is 1.73. The smallest absolute Gasteiger partial charge is 0.276 e. The Bertz CT molecular complexity index is 665. The van der Waals surface area contributed by atoms with Gasteiger partial charge in [-0.15, -0.1) is 5.10 Å². The quantitative estimate of drug-likeness (QED) is 0.842. The number of benzene rings is 1. The third-order valence-electron chi connectivity index (χ3n) is 4.70. The van der Waals surface area contributed by atoms with E-state index in [2.05, 4.69) is 24.2 Å². The number of rotatable bonds is 5. The lowest BCUT2D eigenvalue weighted by atomic mass is 9.94. The second-order valence-electron chi connectivity index (χ2n) is 7.00. The largest absolute Gasteiger partial charge is 0.334 e. The van der Waals surface area contributed by atoms with Crippen LogP contribution in [-0.4, -0.2) is 38.4 Å². The van der Waals surface area contributed by atoms with Crippen LogP contribution in [0, 0.1) is 5.92 Å². The number of carbonyl (C=O) groups excluding carboxylic acids is 1. The molecule has 0 N–H and O–H groups in total. The van der Waals surface area contributed by atoms with Crippen LogP contribution in [0.25, 0.3) is 5.69 Å². The van der Waals surface area contributed by atoms with Crippen LogP contribution in [0.3, 0.4) is 0 Å². The Hall–Kier alpha value is -2.17. The van der Waals surface area contributed by atoms with E-state index in [1.54, 1.807) is 10.9 Å². The van der Waals surface area contributed by atoms with Crippen LogP contribution in [0.5, 0.6) is 0 Å². The third kappa shape index (κ3) is 3.83. The minimum atomic E-state index is 0.0191. The summed E-state index contributed by atoms with van der Waals surface area (Å²) in [6, 6.07) is 10.1. The van der Waals surface area contributed by atoms with Gasteiger partial charge in [0, 0.05) is 12.6 Å². The normalized spacial score (nSPS) is 18.1. The van der Waals surface area contributed by atoms with Crippen LogP contribution in [0.4, 0.5) is 0 Å². The first-order valence-corrected chi connectivity index (χ1v) is 8.94. The summed E-state index contributed by atoms with van der Waals surface area (Å²) in [7, 11) is 0. The van der Waals surface area contributed by atoms with E-state index in [-0.39, 0.29) is 5.91 Å². The van der Waals surface area contributed by atoms with Gasteiger partial charge in [-0.2, -0.15) is 0 Å². The molecule has 1 aromatic carbocycles. The second-order valence-corrected chi connectivity index (χ2v) is 7.00. The summed E-state index contributed by atoms with van der Waals surface area (Å²) in [5, 5.41) is 8.24. The lowest BCUT2D eigenvalue weighted by molar-refractivity contribution is 0.0587. The van der Waals surface area contributed by atoms with Gasteiger partial charge in [0.25, 0.3) is 5.91 Å². The molecule has 1 unspecified atom stereocenters. The van der Waals surface area contributed by atoms with Crippen molar-refractivity contribution in [1.82, 2.24) is 19.9 Å². The molecule has 1 atom stereocenters. The lowest BCUT2D eigenvalue weighted by Crippen LogP contribution is -2.44. The molecule has 3 rings (SSSR count). The van der Waals surface area contributed by atoms with Crippen LogP contribution in [0.1, 0.15) is 56.4 Å². The van der Waals surface area contributed by atoms with Crippen molar-refractivity contribution in [3.05, 3.63) is 42.2 Å². The fourth-order valence-electron chi connectivity index (χ4n) is 3.31. The van der Waals surface area contributed by atoms with Crippen LogP contribution in [0.15, 0.2) is 36.5 Å². The molecule has 0 bridgehead atoms. The first kappa shape index (κ1) is 16.7. The van der Waals surface area contributed by atoms with Gasteiger partial charge in [-0.3, -0.25) is 4.79 Å². The van der Waals surface area contributed by atoms with Crippen LogP contribution in [-0.2, 0) is 0 Å². The topological polar surface area (TPSA) is 51.0 Å². The molecule has 5 nitrogen and oxygen atoms in total. The summed E-state index contributed by atoms with van der Waals surface area (Å²) < 4.78 is 1.67. The third-order valence-corrected chi connectivity index (χ3v) is 4.70. The van der Waals surface area contributed by atoms with Crippen molar-refractivity contribution >= 4 is 5.91 Å². The average molecular weight is 326 g/mol. The van der Waals surface area contributed by atoms with E-state index in [9.17, 15) is 4.79 Å². The highest BCUT2D eigenvalue weighted by atomic mass is 16.2. The number of likely N-dealkylation sites (tertiary alicyclic amines) is 1. The molecule has 1 saturated heterocycles. The highest BCUT2D eigenvalue weighted by molar-refractivity contribution is 5.92. The van der Waals surface area contributed by atoms with Gasteiger partial charge >= 0.3 is 0 Å². The van der Waals surface area contributed by atoms with Crippen molar-refractivity contribution < 1.29 is 4.79 Å². The summed E-state index contributed by atoms with van der Waals surface area (Å²) >= 11 is 0. The molecule has 1 aliphatic rings. The standard InChI is InChI=1S/C19H26N4O/c1-15(2)11-12-16-8-6-7-13-22(16)19(24)18-14-23(21-20-18)17-9-4-3-5-10-17/h3-5,9-10,14-16H,6-8,11-13H2,1-2H3. The molecule has 5 heteroatoms. The van der Waals surface area contributed by atoms with Crippen molar-refractivity contribution in [1.29, 1.82) is 0 Å². The molecule has 0 saturated carbocycles. The van der Waals surface area contributed by atoms with E-state index < -0.39 is 0 Å². The summed E-state index contributed by atoms with van der Waals surface area (Å²) in [5.41, 5.74) is 1.36. The number of piperidine rings is 1. The predicted molar refractivity (Wildman–Crippen MR) is 94.1 cm³/mol. The zero-order valence-corrected chi connectivity index (χ0v) is 14.6. The number of amides is 1. The maximum Gasteiger partial charge on any atom is 0.276 e. The Morgan fingerprint density at radius 2 is 2.04 bits per heavy atom. The van der Waals surface area contributed by atoms with Crippen molar-refractivity contribution in [3.8, 4) is 5.69 Å². The zero-order valence-electron chi connectivity index (χ0n) is 14.6. The maximum absolute atomic E-state index is 12.9. The predicted octanol–water partition coefficient (Wildman–Crippen LogP) is 3.70. The monoisotopic (exact) mass is 326 g/mol. The van der Waals surface area contributed by atoms with E-state index in [4.69, 9.17) is 0 Å². The van der Waals surface area contributed by atoms with Crippen LogP contribution < -0.4 is 0 Å². The average Bonchev–Trinajstić information content (AvgIpc) is 3.10. The fraction of sp³-hybridized carbons (Fsp3) is 0.526. The molecule has 128 valence electrons. The zero-order chi connectivity index (χ0) is 16.9. The van der Waals surface area contributed by atoms with Gasteiger partial charge in [0.05, 0.1) is 11.9 Å². The van der Waals surface area contributed by atoms with Gasteiger partial charge in [-0.05, 0) is 50.2 Å². The Morgan fingerprint density at radius 3 is 2.79 bits per heavy atom. The Kier molecular flexibility index (Phi) is 5.28. The molecule has 0 spiro atoms. The molecule has 2 aromatic rings. The minimum absolute atomic E-state index is 0.0191. The summed E-state index contributed by atoms with van der Waals surface area (Å²) in [4.78, 5) is 14.9. The van der Waals surface area contributed by atoms with Crippen molar-refractivity contribution in [2.75, 3.05) is 6.54 Å². The van der Waals surface area contributed by atoms with E-state index in [0.717, 1.165) is 37.9 Å². The molecule has 1 aliphatic heterocycles. The number of carbonyl (C=O) groups is 1. The highest BCUT2D eigenvalue weighted by Gasteiger charge is 2.29. The van der Waals surface area contributed by atoms with Gasteiger partial charge in [0.15, 0.2) is 5.69 Å². The highest BCUT2D eigenvalue weighted by Crippen LogP contribution is 2.24. The molecule has 0 radical (unpaired) electrons. The van der Waals surface area contributed by atoms with Gasteiger partial charge in [-0.1, -0.05) is 37.3 Å². The molecular weight excluding hydrogens is 300 g/mol. The fourth-order valence-corrected chi connectivity index (χ4v) is 3.31. The SMILES string of the molecule is CC(C)CCC1CCCCN1C(=O)c1cn(-c2ccccc2)nn1. The first-order chi connectivity index (χ1) is 11.6. The molecule has 1 amide bonds. The van der Waals surface area contributed by atoms with Crippen LogP contribution >= 0.6 is 0 Å². The van der Waals surface area contributed by atoms with Crippen molar-refractivity contribution in [2.45, 2.75) is 52.0 Å². The van der Waals surface area contributed by atoms with E-state index >= 15 is 0 Å². The number of hydrogen-bond donors (Lipinski definition) is 0. The van der Waals surface area contributed by atoms with E-state index in [0.29, 0.717) is 17.7 Å². The van der Waals surface area contributed by atoms with Gasteiger partial charge < -0.3 is 4.90 Å². The van der Waals surface area contributed by atoms with Crippen molar-refractivity contribution in [3.63, 3.8) is 0 Å². The van der Waals surface area contributed by atoms with E-state index in [1.807, 2.05) is 35.2 Å². The van der Waals surface area contributed by atoms with Crippen molar-refractivity contribution in [2.24, 2.45) is 5.92 Å². The van der Waals surface area contributed by atoms with Crippen LogP contribution in [0.2, 0.25) is 0 Å². The van der Waals surface area contributed by atoms with Gasteiger partial charge in [-0.25, -0.2) is 4.68 Å². The molecule has 0 aliphatic carbocycles. The molecule has 1 fully saturated rings. The lowest BCUT2D eigenvalue weighted by Gasteiger charge is -2.35. The second kappa shape index (κ2) is 7.60. The Morgan fingerprint density at radius 1 is 1.25 bits per heavy atom. The first-order valence-electron chi connectivity index (χ1n) is 8.94. The number of aromatic nitrogens is 3. The summed E-state index contributed by atoms with van der Waals surface area (Å²) in [6.07, 6.45) is 7.37. The Labute approximate surface area is 143 Å². The number of para-hydroxylation sites is 1. The maximum atomic E-state index is 12.9. The summed E-state index contributed by atoms with van der Waals surface area (Å²) in [6.45, 7) is 5.31. The van der Waals surface area contributed by atoms with Gasteiger partial charge in [0.2, 0.25) is 0 Å². The molecular formula is C19H26N4O. The molecule has 2 heterocycles. The summed E-state index contributed by atoms with van der Waals surface area (Å²) in [5.74, 6) is 0.688.